The van der Waals surface area contributed by atoms with E-state index in [0.29, 0.717) is 32.7 Å². The summed E-state index contributed by atoms with van der Waals surface area (Å²) in [5.74, 6) is 2.27. The molecular weight excluding hydrogens is 404 g/mol. The summed E-state index contributed by atoms with van der Waals surface area (Å²) in [6.07, 6.45) is 2.20. The first-order chi connectivity index (χ1) is 15.7. The maximum absolute atomic E-state index is 12.1. The molecule has 2 rings (SSSR count). The fourth-order valence-electron chi connectivity index (χ4n) is 3.14. The van der Waals surface area contributed by atoms with Crippen molar-refractivity contribution in [2.75, 3.05) is 33.4 Å². The summed E-state index contributed by atoms with van der Waals surface area (Å²) in [5.41, 5.74) is 2.28. The maximum atomic E-state index is 12.1. The van der Waals surface area contributed by atoms with Crippen molar-refractivity contribution in [1.29, 1.82) is 0 Å². The Hall–Kier alpha value is -3.22. The van der Waals surface area contributed by atoms with Gasteiger partial charge in [0.1, 0.15) is 0 Å². The number of carbonyl (C=O) groups excluding carboxylic acids is 1. The number of guanidine groups is 1. The second kappa shape index (κ2) is 14.7. The van der Waals surface area contributed by atoms with Crippen LogP contribution >= 0.6 is 0 Å². The summed E-state index contributed by atoms with van der Waals surface area (Å²) >= 11 is 0. The molecule has 2 aromatic carbocycles. The highest BCUT2D eigenvalue weighted by atomic mass is 16.5. The van der Waals surface area contributed by atoms with Crippen LogP contribution in [0.15, 0.2) is 53.5 Å². The molecule has 0 atom stereocenters. The van der Waals surface area contributed by atoms with Crippen LogP contribution in [0.3, 0.4) is 0 Å². The lowest BCUT2D eigenvalue weighted by Crippen LogP contribution is -2.39. The number of aryl methyl sites for hydroxylation is 1. The van der Waals surface area contributed by atoms with E-state index in [2.05, 4.69) is 27.0 Å². The van der Waals surface area contributed by atoms with Crippen molar-refractivity contribution in [3.05, 3.63) is 59.7 Å². The van der Waals surface area contributed by atoms with E-state index in [9.17, 15) is 4.79 Å². The minimum Gasteiger partial charge on any atom is -0.493 e. The molecule has 2 aromatic rings. The topological polar surface area (TPSA) is 84.0 Å². The number of nitrogens with zero attached hydrogens (tertiary/aromatic N) is 1. The molecular formula is C25H36N4O3. The molecule has 1 amide bonds. The molecule has 0 saturated heterocycles. The summed E-state index contributed by atoms with van der Waals surface area (Å²) in [6.45, 7) is 7.12. The van der Waals surface area contributed by atoms with Crippen molar-refractivity contribution >= 4 is 11.9 Å². The number of methoxy groups -OCH3 is 1. The standard InChI is InChI=1S/C25H36N4O3/c1-4-26-25(28-17-15-24(30)29-19-21-10-7-6-8-11-21)27-16-9-12-20-13-14-22(31-3)23(18-20)32-5-2/h6-8,10-11,13-14,18H,4-5,9,12,15-17,19H2,1-3H3,(H,29,30)(H2,26,27,28). The predicted molar refractivity (Wildman–Crippen MR) is 129 cm³/mol. The van der Waals surface area contributed by atoms with E-state index in [4.69, 9.17) is 9.47 Å². The summed E-state index contributed by atoms with van der Waals surface area (Å²) < 4.78 is 11.0. The van der Waals surface area contributed by atoms with Crippen LogP contribution in [-0.2, 0) is 17.8 Å². The zero-order chi connectivity index (χ0) is 23.0. The van der Waals surface area contributed by atoms with Crippen molar-refractivity contribution in [1.82, 2.24) is 16.0 Å². The Morgan fingerprint density at radius 3 is 2.50 bits per heavy atom. The van der Waals surface area contributed by atoms with Crippen molar-refractivity contribution < 1.29 is 14.3 Å². The van der Waals surface area contributed by atoms with Gasteiger partial charge in [-0.2, -0.15) is 0 Å². The van der Waals surface area contributed by atoms with E-state index >= 15 is 0 Å². The molecule has 0 spiro atoms. The second-order valence-electron chi connectivity index (χ2n) is 7.22. The lowest BCUT2D eigenvalue weighted by Gasteiger charge is -2.12. The largest absolute Gasteiger partial charge is 0.493 e. The zero-order valence-electron chi connectivity index (χ0n) is 19.4. The van der Waals surface area contributed by atoms with Gasteiger partial charge in [0.25, 0.3) is 0 Å². The lowest BCUT2D eigenvalue weighted by molar-refractivity contribution is -0.121. The van der Waals surface area contributed by atoms with Gasteiger partial charge in [0, 0.05) is 32.6 Å². The quantitative estimate of drug-likeness (QED) is 0.253. The van der Waals surface area contributed by atoms with E-state index < -0.39 is 0 Å². The maximum Gasteiger partial charge on any atom is 0.222 e. The van der Waals surface area contributed by atoms with Gasteiger partial charge in [-0.25, -0.2) is 0 Å². The Labute approximate surface area is 191 Å². The van der Waals surface area contributed by atoms with E-state index in [-0.39, 0.29) is 5.91 Å². The van der Waals surface area contributed by atoms with Crippen LogP contribution in [0, 0.1) is 0 Å². The van der Waals surface area contributed by atoms with Gasteiger partial charge in [0.2, 0.25) is 5.91 Å². The number of benzene rings is 2. The van der Waals surface area contributed by atoms with Crippen molar-refractivity contribution in [3.63, 3.8) is 0 Å². The van der Waals surface area contributed by atoms with Crippen LogP contribution in [0.1, 0.15) is 37.8 Å². The summed E-state index contributed by atoms with van der Waals surface area (Å²) in [6, 6.07) is 15.9. The first-order valence-electron chi connectivity index (χ1n) is 11.3. The number of aliphatic imine (C=N–C) groups is 1. The normalized spacial score (nSPS) is 11.0. The number of rotatable bonds is 13. The van der Waals surface area contributed by atoms with Crippen molar-refractivity contribution in [2.45, 2.75) is 39.7 Å². The van der Waals surface area contributed by atoms with Crippen molar-refractivity contribution in [3.8, 4) is 11.5 Å². The zero-order valence-corrected chi connectivity index (χ0v) is 19.4. The molecule has 0 bridgehead atoms. The van der Waals surface area contributed by atoms with E-state index in [1.165, 1.54) is 5.56 Å². The van der Waals surface area contributed by atoms with E-state index in [0.717, 1.165) is 42.4 Å². The third-order valence-corrected chi connectivity index (χ3v) is 4.74. The van der Waals surface area contributed by atoms with Gasteiger partial charge >= 0.3 is 0 Å². The van der Waals surface area contributed by atoms with Gasteiger partial charge in [-0.1, -0.05) is 36.4 Å². The SMILES string of the molecule is CCNC(=NCCCc1ccc(OC)c(OCC)c1)NCCC(=O)NCc1ccccc1. The molecule has 0 saturated carbocycles. The summed E-state index contributed by atoms with van der Waals surface area (Å²) in [4.78, 5) is 16.7. The molecule has 7 heteroatoms. The molecule has 0 aliphatic rings. The van der Waals surface area contributed by atoms with Gasteiger partial charge in [-0.3, -0.25) is 9.79 Å². The Morgan fingerprint density at radius 1 is 0.969 bits per heavy atom. The fourth-order valence-corrected chi connectivity index (χ4v) is 3.14. The molecule has 3 N–H and O–H groups in total. The molecule has 0 aliphatic heterocycles. The molecule has 0 heterocycles. The van der Waals surface area contributed by atoms with Gasteiger partial charge in [0.15, 0.2) is 17.5 Å². The third-order valence-electron chi connectivity index (χ3n) is 4.74. The molecule has 0 aliphatic carbocycles. The lowest BCUT2D eigenvalue weighted by atomic mass is 10.1. The fraction of sp³-hybridized carbons (Fsp3) is 0.440. The Kier molecular flexibility index (Phi) is 11.5. The van der Waals surface area contributed by atoms with E-state index in [1.54, 1.807) is 7.11 Å². The highest BCUT2D eigenvalue weighted by molar-refractivity contribution is 5.81. The number of hydrogen-bond acceptors (Lipinski definition) is 4. The highest BCUT2D eigenvalue weighted by Crippen LogP contribution is 2.28. The number of hydrogen-bond donors (Lipinski definition) is 3. The van der Waals surface area contributed by atoms with Gasteiger partial charge < -0.3 is 25.4 Å². The minimum absolute atomic E-state index is 0.0156. The van der Waals surface area contributed by atoms with Gasteiger partial charge in [-0.15, -0.1) is 0 Å². The average molecular weight is 441 g/mol. The first-order valence-corrected chi connectivity index (χ1v) is 11.3. The summed E-state index contributed by atoms with van der Waals surface area (Å²) in [5, 5.41) is 9.39. The van der Waals surface area contributed by atoms with Crippen molar-refractivity contribution in [2.24, 2.45) is 4.99 Å². The minimum atomic E-state index is 0.0156. The Morgan fingerprint density at radius 2 is 1.78 bits per heavy atom. The van der Waals surface area contributed by atoms with Crippen LogP contribution in [0.2, 0.25) is 0 Å². The van der Waals surface area contributed by atoms with Crippen LogP contribution in [0.25, 0.3) is 0 Å². The monoisotopic (exact) mass is 440 g/mol. The van der Waals surface area contributed by atoms with Gasteiger partial charge in [0.05, 0.1) is 13.7 Å². The third kappa shape index (κ3) is 9.29. The summed E-state index contributed by atoms with van der Waals surface area (Å²) in [7, 11) is 1.65. The molecule has 174 valence electrons. The number of ether oxygens (including phenoxy) is 2. The second-order valence-corrected chi connectivity index (χ2v) is 7.22. The molecule has 0 aromatic heterocycles. The Balaban J connectivity index is 1.73. The molecule has 0 unspecified atom stereocenters. The predicted octanol–water partition coefficient (Wildman–Crippen LogP) is 3.29. The smallest absolute Gasteiger partial charge is 0.222 e. The average Bonchev–Trinajstić information content (AvgIpc) is 2.81. The van der Waals surface area contributed by atoms with Crippen LogP contribution in [0.4, 0.5) is 0 Å². The molecule has 32 heavy (non-hydrogen) atoms. The van der Waals surface area contributed by atoms with E-state index in [1.807, 2.05) is 56.3 Å². The molecule has 0 fully saturated rings. The van der Waals surface area contributed by atoms with Crippen LogP contribution in [-0.4, -0.2) is 45.2 Å². The van der Waals surface area contributed by atoms with Gasteiger partial charge in [-0.05, 0) is 49.9 Å². The van der Waals surface area contributed by atoms with Crippen LogP contribution in [0.5, 0.6) is 11.5 Å². The Bertz CT molecular complexity index is 840. The van der Waals surface area contributed by atoms with Crippen LogP contribution < -0.4 is 25.4 Å². The first kappa shape index (κ1) is 25.0. The molecule has 0 radical (unpaired) electrons. The highest BCUT2D eigenvalue weighted by Gasteiger charge is 2.06. The number of nitrogens with one attached hydrogen (secondary N) is 3. The molecule has 7 nitrogen and oxygen atoms in total. The number of carbonyl (C=O) groups is 1. The number of amides is 1.